The number of thiazole rings is 1. The number of hydrogen-bond acceptors (Lipinski definition) is 7. The molecule has 3 aromatic rings. The molecule has 3 rings (SSSR count). The number of carboxylic acid groups (broad SMARTS) is 1. The third-order valence-corrected chi connectivity index (χ3v) is 6.05. The van der Waals surface area contributed by atoms with E-state index in [9.17, 15) is 13.2 Å². The van der Waals surface area contributed by atoms with Crippen molar-refractivity contribution in [1.82, 2.24) is 4.98 Å². The zero-order chi connectivity index (χ0) is 21.0. The molecule has 0 atom stereocenters. The van der Waals surface area contributed by atoms with E-state index in [0.717, 1.165) is 10.8 Å². The molecule has 2 aromatic carbocycles. The summed E-state index contributed by atoms with van der Waals surface area (Å²) in [5.74, 6) is -0.791. The molecule has 0 amide bonds. The molecule has 10 heteroatoms. The number of aromatic nitrogens is 1. The van der Waals surface area contributed by atoms with Crippen molar-refractivity contribution < 1.29 is 23.1 Å². The molecular weight excluding hydrogens is 414 g/mol. The van der Waals surface area contributed by atoms with Crippen molar-refractivity contribution in [2.45, 2.75) is 18.7 Å². The second-order valence-corrected chi connectivity index (χ2v) is 8.76. The summed E-state index contributed by atoms with van der Waals surface area (Å²) in [5.41, 5.74) is 2.52. The maximum atomic E-state index is 12.7. The maximum Gasteiger partial charge on any atom is 0.341 e. The van der Waals surface area contributed by atoms with Gasteiger partial charge in [-0.05, 0) is 55.8 Å². The molecule has 0 bridgehead atoms. The van der Waals surface area contributed by atoms with E-state index in [1.54, 1.807) is 25.1 Å². The fraction of sp³-hybridized carbons (Fsp3) is 0.158. The third-order valence-electron chi connectivity index (χ3n) is 3.79. The highest BCUT2D eigenvalue weighted by atomic mass is 32.2. The summed E-state index contributed by atoms with van der Waals surface area (Å²) in [5, 5.41) is 14.5. The Labute approximate surface area is 172 Å². The zero-order valence-electron chi connectivity index (χ0n) is 15.7. The monoisotopic (exact) mass is 433 g/mol. The molecule has 29 heavy (non-hydrogen) atoms. The molecular formula is C19H19N3O5S2. The standard InChI is InChI=1S/C19H19N3O5S2/c1-12-8-16(6-7-17(12)27-10-18(23)24)29(25,26)22-15-5-3-4-14(9-15)21-19-20-13(2)11-28-19/h3-9,11,22H,10H2,1-2H3,(H,20,21)(H,23,24). The average molecular weight is 434 g/mol. The lowest BCUT2D eigenvalue weighted by Gasteiger charge is -2.12. The van der Waals surface area contributed by atoms with E-state index >= 15 is 0 Å². The van der Waals surface area contributed by atoms with Gasteiger partial charge in [0.1, 0.15) is 5.75 Å². The van der Waals surface area contributed by atoms with E-state index < -0.39 is 22.6 Å². The Hall–Kier alpha value is -3.11. The highest BCUT2D eigenvalue weighted by Crippen LogP contribution is 2.26. The summed E-state index contributed by atoms with van der Waals surface area (Å²) in [6, 6.07) is 11.1. The van der Waals surface area contributed by atoms with Crippen LogP contribution >= 0.6 is 11.3 Å². The molecule has 3 N–H and O–H groups in total. The fourth-order valence-electron chi connectivity index (χ4n) is 2.50. The number of rotatable bonds is 8. The van der Waals surface area contributed by atoms with Crippen molar-refractivity contribution in [3.05, 3.63) is 59.1 Å². The van der Waals surface area contributed by atoms with Gasteiger partial charge < -0.3 is 15.2 Å². The van der Waals surface area contributed by atoms with Gasteiger partial charge in [-0.3, -0.25) is 4.72 Å². The molecule has 0 saturated heterocycles. The zero-order valence-corrected chi connectivity index (χ0v) is 17.3. The topological polar surface area (TPSA) is 118 Å². The second-order valence-electron chi connectivity index (χ2n) is 6.22. The van der Waals surface area contributed by atoms with Gasteiger partial charge in [0.05, 0.1) is 16.3 Å². The van der Waals surface area contributed by atoms with Crippen LogP contribution in [-0.4, -0.2) is 31.1 Å². The van der Waals surface area contributed by atoms with Gasteiger partial charge in [-0.25, -0.2) is 18.2 Å². The molecule has 0 radical (unpaired) electrons. The first kappa shape index (κ1) is 20.6. The van der Waals surface area contributed by atoms with Crippen LogP contribution in [0, 0.1) is 13.8 Å². The van der Waals surface area contributed by atoms with Gasteiger partial charge in [0.2, 0.25) is 0 Å². The third kappa shape index (κ3) is 5.46. The van der Waals surface area contributed by atoms with Crippen LogP contribution in [0.4, 0.5) is 16.5 Å². The van der Waals surface area contributed by atoms with Gasteiger partial charge in [-0.2, -0.15) is 0 Å². The number of anilines is 3. The first-order valence-corrected chi connectivity index (χ1v) is 10.9. The van der Waals surface area contributed by atoms with Crippen LogP contribution in [0.2, 0.25) is 0 Å². The van der Waals surface area contributed by atoms with Gasteiger partial charge in [0.15, 0.2) is 11.7 Å². The Balaban J connectivity index is 1.76. The predicted molar refractivity (Wildman–Crippen MR) is 112 cm³/mol. The van der Waals surface area contributed by atoms with Crippen LogP contribution in [0.5, 0.6) is 5.75 Å². The minimum absolute atomic E-state index is 0.0478. The summed E-state index contributed by atoms with van der Waals surface area (Å²) < 4.78 is 33.1. The Morgan fingerprint density at radius 2 is 1.93 bits per heavy atom. The number of hydrogen-bond donors (Lipinski definition) is 3. The first-order chi connectivity index (χ1) is 13.7. The van der Waals surface area contributed by atoms with E-state index in [1.165, 1.54) is 29.5 Å². The number of nitrogens with one attached hydrogen (secondary N) is 2. The van der Waals surface area contributed by atoms with E-state index in [4.69, 9.17) is 9.84 Å². The van der Waals surface area contributed by atoms with Crippen molar-refractivity contribution in [1.29, 1.82) is 0 Å². The number of ether oxygens (including phenoxy) is 1. The minimum atomic E-state index is -3.83. The van der Waals surface area contributed by atoms with Crippen LogP contribution in [0.15, 0.2) is 52.7 Å². The summed E-state index contributed by atoms with van der Waals surface area (Å²) >= 11 is 1.46. The average Bonchev–Trinajstić information content (AvgIpc) is 3.05. The largest absolute Gasteiger partial charge is 0.482 e. The van der Waals surface area contributed by atoms with Crippen molar-refractivity contribution >= 4 is 43.8 Å². The number of nitrogens with zero attached hydrogens (tertiary/aromatic N) is 1. The summed E-state index contributed by atoms with van der Waals surface area (Å²) in [6.45, 7) is 3.05. The van der Waals surface area contributed by atoms with E-state index in [0.29, 0.717) is 22.7 Å². The van der Waals surface area contributed by atoms with Crippen molar-refractivity contribution in [2.75, 3.05) is 16.6 Å². The summed E-state index contributed by atoms with van der Waals surface area (Å²) in [7, 11) is -3.83. The van der Waals surface area contributed by atoms with Gasteiger partial charge in [-0.1, -0.05) is 6.07 Å². The minimum Gasteiger partial charge on any atom is -0.482 e. The molecule has 0 aliphatic carbocycles. The Bertz CT molecular complexity index is 1140. The van der Waals surface area contributed by atoms with Crippen LogP contribution in [0.3, 0.4) is 0 Å². The lowest BCUT2D eigenvalue weighted by molar-refractivity contribution is -0.139. The molecule has 8 nitrogen and oxygen atoms in total. The van der Waals surface area contributed by atoms with Crippen LogP contribution in [0.1, 0.15) is 11.3 Å². The van der Waals surface area contributed by atoms with E-state index in [1.807, 2.05) is 18.4 Å². The number of carboxylic acids is 1. The van der Waals surface area contributed by atoms with Gasteiger partial charge in [-0.15, -0.1) is 11.3 Å². The molecule has 0 fully saturated rings. The highest BCUT2D eigenvalue weighted by Gasteiger charge is 2.16. The SMILES string of the molecule is Cc1csc(Nc2cccc(NS(=O)(=O)c3ccc(OCC(=O)O)c(C)c3)c2)n1. The number of sulfonamides is 1. The Morgan fingerprint density at radius 3 is 2.59 bits per heavy atom. The summed E-state index contributed by atoms with van der Waals surface area (Å²) in [6.07, 6.45) is 0. The quantitative estimate of drug-likeness (QED) is 0.495. The van der Waals surface area contributed by atoms with Gasteiger partial charge in [0, 0.05) is 11.1 Å². The van der Waals surface area contributed by atoms with Crippen LogP contribution in [0.25, 0.3) is 0 Å². The number of aliphatic carboxylic acids is 1. The Morgan fingerprint density at radius 1 is 1.17 bits per heavy atom. The smallest absolute Gasteiger partial charge is 0.341 e. The second kappa shape index (κ2) is 8.50. The number of carbonyl (C=O) groups is 1. The fourth-order valence-corrected chi connectivity index (χ4v) is 4.34. The molecule has 0 spiro atoms. The van der Waals surface area contributed by atoms with E-state index in [-0.39, 0.29) is 4.90 Å². The molecule has 1 heterocycles. The lowest BCUT2D eigenvalue weighted by Crippen LogP contribution is -2.14. The van der Waals surface area contributed by atoms with Gasteiger partial charge >= 0.3 is 5.97 Å². The van der Waals surface area contributed by atoms with Gasteiger partial charge in [0.25, 0.3) is 10.0 Å². The number of aryl methyl sites for hydroxylation is 2. The lowest BCUT2D eigenvalue weighted by atomic mass is 10.2. The van der Waals surface area contributed by atoms with E-state index in [2.05, 4.69) is 15.0 Å². The molecule has 0 aliphatic heterocycles. The first-order valence-electron chi connectivity index (χ1n) is 8.50. The van der Waals surface area contributed by atoms with Crippen molar-refractivity contribution in [2.24, 2.45) is 0 Å². The number of benzene rings is 2. The summed E-state index contributed by atoms with van der Waals surface area (Å²) in [4.78, 5) is 15.0. The Kier molecular flexibility index (Phi) is 6.04. The van der Waals surface area contributed by atoms with Crippen LogP contribution in [-0.2, 0) is 14.8 Å². The molecule has 0 aliphatic rings. The highest BCUT2D eigenvalue weighted by molar-refractivity contribution is 7.92. The van der Waals surface area contributed by atoms with Crippen LogP contribution < -0.4 is 14.8 Å². The molecule has 152 valence electrons. The molecule has 1 aromatic heterocycles. The maximum absolute atomic E-state index is 12.7. The predicted octanol–water partition coefficient (Wildman–Crippen LogP) is 3.77. The normalized spacial score (nSPS) is 11.1. The van der Waals surface area contributed by atoms with Crippen molar-refractivity contribution in [3.8, 4) is 5.75 Å². The molecule has 0 unspecified atom stereocenters. The van der Waals surface area contributed by atoms with Crippen molar-refractivity contribution in [3.63, 3.8) is 0 Å². The molecule has 0 saturated carbocycles.